The van der Waals surface area contributed by atoms with Crippen LogP contribution in [0, 0.1) is 22.0 Å². The Labute approximate surface area is 181 Å². The number of methoxy groups -OCH3 is 1. The molecule has 3 rings (SSSR count). The number of benzene rings is 2. The van der Waals surface area contributed by atoms with Crippen LogP contribution in [0.5, 0.6) is 5.75 Å². The highest BCUT2D eigenvalue weighted by molar-refractivity contribution is 7.89. The molecule has 1 saturated heterocycles. The summed E-state index contributed by atoms with van der Waals surface area (Å²) < 4.78 is 32.9. The van der Waals surface area contributed by atoms with E-state index in [1.807, 2.05) is 13.8 Å². The SMILES string of the molecule is COc1ccc([N+](=O)[O-])cc1NC(=O)c1cccc(S(=O)(=O)N2CC(C)CC(C)C2)c1. The molecule has 0 saturated carbocycles. The summed E-state index contributed by atoms with van der Waals surface area (Å²) >= 11 is 0. The molecule has 0 bridgehead atoms. The van der Waals surface area contributed by atoms with Crippen LogP contribution in [0.3, 0.4) is 0 Å². The number of anilines is 1. The first kappa shape index (κ1) is 22.7. The molecule has 0 aliphatic carbocycles. The normalized spacial score (nSPS) is 19.6. The standard InChI is InChI=1S/C21H25N3O6S/c1-14-9-15(2)13-23(12-14)31(28,29)18-6-4-5-16(10-18)21(25)22-19-11-17(24(26)27)7-8-20(19)30-3/h4-8,10-11,14-15H,9,12-13H2,1-3H3,(H,22,25). The van der Waals surface area contributed by atoms with Crippen molar-refractivity contribution in [3.05, 3.63) is 58.1 Å². The van der Waals surface area contributed by atoms with Crippen LogP contribution >= 0.6 is 0 Å². The topological polar surface area (TPSA) is 119 Å². The van der Waals surface area contributed by atoms with Gasteiger partial charge in [-0.15, -0.1) is 0 Å². The molecule has 1 aliphatic heterocycles. The first-order valence-electron chi connectivity index (χ1n) is 9.85. The van der Waals surface area contributed by atoms with Crippen LogP contribution in [0.1, 0.15) is 30.6 Å². The fraction of sp³-hybridized carbons (Fsp3) is 0.381. The van der Waals surface area contributed by atoms with Gasteiger partial charge in [0.15, 0.2) is 0 Å². The maximum absolute atomic E-state index is 13.1. The van der Waals surface area contributed by atoms with Gasteiger partial charge in [0.2, 0.25) is 10.0 Å². The zero-order chi connectivity index (χ0) is 22.8. The summed E-state index contributed by atoms with van der Waals surface area (Å²) in [5, 5.41) is 13.6. The number of nitrogens with zero attached hydrogens (tertiary/aromatic N) is 2. The van der Waals surface area contributed by atoms with Gasteiger partial charge in [-0.25, -0.2) is 8.42 Å². The van der Waals surface area contributed by atoms with Crippen LogP contribution in [-0.4, -0.2) is 43.8 Å². The minimum Gasteiger partial charge on any atom is -0.495 e. The lowest BCUT2D eigenvalue weighted by molar-refractivity contribution is -0.384. The van der Waals surface area contributed by atoms with Gasteiger partial charge < -0.3 is 10.1 Å². The van der Waals surface area contributed by atoms with Crippen molar-refractivity contribution in [3.8, 4) is 5.75 Å². The number of hydrogen-bond donors (Lipinski definition) is 1. The van der Waals surface area contributed by atoms with Gasteiger partial charge in [0, 0.05) is 30.8 Å². The van der Waals surface area contributed by atoms with E-state index in [0.717, 1.165) is 6.42 Å². The lowest BCUT2D eigenvalue weighted by Crippen LogP contribution is -2.42. The fourth-order valence-corrected chi connectivity index (χ4v) is 5.58. The third-order valence-electron chi connectivity index (χ3n) is 5.21. The van der Waals surface area contributed by atoms with Crippen molar-refractivity contribution in [2.75, 3.05) is 25.5 Å². The average Bonchev–Trinajstić information content (AvgIpc) is 2.73. The number of nitro groups is 1. The van der Waals surface area contributed by atoms with E-state index in [1.165, 1.54) is 53.9 Å². The molecule has 166 valence electrons. The van der Waals surface area contributed by atoms with E-state index >= 15 is 0 Å². The quantitative estimate of drug-likeness (QED) is 0.535. The number of ether oxygens (including phenoxy) is 1. The number of carbonyl (C=O) groups excluding carboxylic acids is 1. The maximum atomic E-state index is 13.1. The van der Waals surface area contributed by atoms with Crippen molar-refractivity contribution < 1.29 is 22.9 Å². The van der Waals surface area contributed by atoms with E-state index in [4.69, 9.17) is 4.74 Å². The molecular weight excluding hydrogens is 422 g/mol. The molecule has 1 fully saturated rings. The highest BCUT2D eigenvalue weighted by atomic mass is 32.2. The van der Waals surface area contributed by atoms with Gasteiger partial charge in [-0.05, 0) is 42.5 Å². The second kappa shape index (κ2) is 9.03. The van der Waals surface area contributed by atoms with Gasteiger partial charge >= 0.3 is 0 Å². The minimum absolute atomic E-state index is 0.0347. The molecular formula is C21H25N3O6S. The van der Waals surface area contributed by atoms with Crippen molar-refractivity contribution in [2.45, 2.75) is 25.2 Å². The summed E-state index contributed by atoms with van der Waals surface area (Å²) in [5.41, 5.74) is 0.0298. The number of nitrogens with one attached hydrogen (secondary N) is 1. The zero-order valence-corrected chi connectivity index (χ0v) is 18.4. The summed E-state index contributed by atoms with van der Waals surface area (Å²) in [6.45, 7) is 4.92. The molecule has 1 N–H and O–H groups in total. The molecule has 1 heterocycles. The highest BCUT2D eigenvalue weighted by Crippen LogP contribution is 2.30. The third kappa shape index (κ3) is 5.02. The highest BCUT2D eigenvalue weighted by Gasteiger charge is 2.32. The second-order valence-corrected chi connectivity index (χ2v) is 9.83. The number of piperidine rings is 1. The van der Waals surface area contributed by atoms with Crippen molar-refractivity contribution in [1.29, 1.82) is 0 Å². The van der Waals surface area contributed by atoms with E-state index in [0.29, 0.717) is 13.1 Å². The Morgan fingerprint density at radius 1 is 1.16 bits per heavy atom. The van der Waals surface area contributed by atoms with Gasteiger partial charge in [0.25, 0.3) is 11.6 Å². The van der Waals surface area contributed by atoms with Crippen LogP contribution in [0.2, 0.25) is 0 Å². The van der Waals surface area contributed by atoms with Crippen molar-refractivity contribution in [3.63, 3.8) is 0 Å². The van der Waals surface area contributed by atoms with E-state index in [2.05, 4.69) is 5.32 Å². The van der Waals surface area contributed by atoms with Gasteiger partial charge in [-0.3, -0.25) is 14.9 Å². The predicted octanol–water partition coefficient (Wildman–Crippen LogP) is 3.52. The van der Waals surface area contributed by atoms with E-state index in [9.17, 15) is 23.3 Å². The molecule has 2 aromatic rings. The van der Waals surface area contributed by atoms with Crippen molar-refractivity contribution >= 4 is 27.3 Å². The molecule has 0 aromatic heterocycles. The number of hydrogen-bond acceptors (Lipinski definition) is 6. The molecule has 2 unspecified atom stereocenters. The molecule has 31 heavy (non-hydrogen) atoms. The van der Waals surface area contributed by atoms with Crippen LogP contribution in [-0.2, 0) is 10.0 Å². The Kier molecular flexibility index (Phi) is 6.61. The maximum Gasteiger partial charge on any atom is 0.271 e. The van der Waals surface area contributed by atoms with Gasteiger partial charge in [-0.1, -0.05) is 19.9 Å². The number of amides is 1. The number of rotatable bonds is 6. The number of carbonyl (C=O) groups is 1. The smallest absolute Gasteiger partial charge is 0.271 e. The van der Waals surface area contributed by atoms with Crippen molar-refractivity contribution in [2.24, 2.45) is 11.8 Å². The molecule has 2 atom stereocenters. The zero-order valence-electron chi connectivity index (χ0n) is 17.6. The van der Waals surface area contributed by atoms with E-state index in [1.54, 1.807) is 0 Å². The van der Waals surface area contributed by atoms with Gasteiger partial charge in [-0.2, -0.15) is 4.31 Å². The molecule has 0 spiro atoms. The number of nitro benzene ring substituents is 1. The van der Waals surface area contributed by atoms with E-state index < -0.39 is 20.9 Å². The van der Waals surface area contributed by atoms with Gasteiger partial charge in [0.1, 0.15) is 5.75 Å². The van der Waals surface area contributed by atoms with E-state index in [-0.39, 0.29) is 39.4 Å². The van der Waals surface area contributed by atoms with Crippen LogP contribution in [0.25, 0.3) is 0 Å². The van der Waals surface area contributed by atoms with Crippen LogP contribution in [0.15, 0.2) is 47.4 Å². The molecule has 1 amide bonds. The fourth-order valence-electron chi connectivity index (χ4n) is 3.85. The largest absolute Gasteiger partial charge is 0.495 e. The Morgan fingerprint density at radius 2 is 1.84 bits per heavy atom. The number of non-ortho nitro benzene ring substituents is 1. The monoisotopic (exact) mass is 447 g/mol. The molecule has 2 aromatic carbocycles. The summed E-state index contributed by atoms with van der Waals surface area (Å²) in [7, 11) is -2.37. The lowest BCUT2D eigenvalue weighted by atomic mass is 9.94. The molecule has 10 heteroatoms. The average molecular weight is 448 g/mol. The molecule has 9 nitrogen and oxygen atoms in total. The summed E-state index contributed by atoms with van der Waals surface area (Å²) in [5.74, 6) is 0.160. The van der Waals surface area contributed by atoms with Crippen molar-refractivity contribution in [1.82, 2.24) is 4.31 Å². The number of sulfonamides is 1. The first-order valence-corrected chi connectivity index (χ1v) is 11.3. The lowest BCUT2D eigenvalue weighted by Gasteiger charge is -2.34. The Balaban J connectivity index is 1.87. The Morgan fingerprint density at radius 3 is 2.45 bits per heavy atom. The molecule has 0 radical (unpaired) electrons. The van der Waals surface area contributed by atoms with Crippen LogP contribution < -0.4 is 10.1 Å². The summed E-state index contributed by atoms with van der Waals surface area (Å²) in [6, 6.07) is 9.61. The molecule has 1 aliphatic rings. The summed E-state index contributed by atoms with van der Waals surface area (Å²) in [4.78, 5) is 23.3. The summed E-state index contributed by atoms with van der Waals surface area (Å²) in [6.07, 6.45) is 0.972. The first-order chi connectivity index (χ1) is 14.6. The Bertz CT molecular complexity index is 1090. The predicted molar refractivity (Wildman–Crippen MR) is 116 cm³/mol. The van der Waals surface area contributed by atoms with Crippen LogP contribution in [0.4, 0.5) is 11.4 Å². The Hall–Kier alpha value is -2.98. The third-order valence-corrected chi connectivity index (χ3v) is 7.04. The second-order valence-electron chi connectivity index (χ2n) is 7.89. The van der Waals surface area contributed by atoms with Gasteiger partial charge in [0.05, 0.1) is 22.6 Å². The minimum atomic E-state index is -3.75.